The van der Waals surface area contributed by atoms with Crippen LogP contribution in [-0.4, -0.2) is 22.2 Å². The van der Waals surface area contributed by atoms with Gasteiger partial charge < -0.3 is 16.2 Å². The van der Waals surface area contributed by atoms with Gasteiger partial charge in [0.2, 0.25) is 0 Å². The topological polar surface area (TPSA) is 71.2 Å². The number of aliphatic hydroxyl groups is 1. The Bertz CT molecular complexity index is 366. The van der Waals surface area contributed by atoms with Gasteiger partial charge in [-0.2, -0.15) is 0 Å². The molecule has 0 spiro atoms. The highest BCUT2D eigenvalue weighted by molar-refractivity contribution is 6.29. The van der Waals surface area contributed by atoms with Crippen LogP contribution in [0.5, 0.6) is 0 Å². The zero-order valence-electron chi connectivity index (χ0n) is 9.69. The number of halogens is 1. The van der Waals surface area contributed by atoms with Crippen LogP contribution in [0, 0.1) is 0 Å². The number of nitrogens with zero attached hydrogens (tertiary/aromatic N) is 1. The van der Waals surface area contributed by atoms with Crippen LogP contribution in [0.3, 0.4) is 0 Å². The smallest absolute Gasteiger partial charge is 0.133 e. The van der Waals surface area contributed by atoms with Crippen molar-refractivity contribution in [2.24, 2.45) is 0 Å². The van der Waals surface area contributed by atoms with Crippen molar-refractivity contribution in [3.63, 3.8) is 0 Å². The van der Waals surface area contributed by atoms with Crippen LogP contribution in [0.15, 0.2) is 12.1 Å². The quantitative estimate of drug-likeness (QED) is 0.561. The lowest BCUT2D eigenvalue weighted by Gasteiger charge is -2.22. The zero-order chi connectivity index (χ0) is 12.3. The molecule has 0 radical (unpaired) electrons. The number of hydrogen-bond donors (Lipinski definition) is 3. The molecule has 94 valence electrons. The number of nitrogen functional groups attached to an aromatic ring is 1. The van der Waals surface area contributed by atoms with Crippen molar-refractivity contribution in [2.75, 3.05) is 11.1 Å². The maximum atomic E-state index is 9.99. The molecule has 0 aromatic carbocycles. The van der Waals surface area contributed by atoms with Crippen LogP contribution in [-0.2, 0) is 0 Å². The van der Waals surface area contributed by atoms with Gasteiger partial charge >= 0.3 is 0 Å². The summed E-state index contributed by atoms with van der Waals surface area (Å²) in [6, 6.07) is 3.39. The minimum absolute atomic E-state index is 0.0443. The van der Waals surface area contributed by atoms with E-state index < -0.39 is 0 Å². The fraction of sp³-hybridized carbons (Fsp3) is 0.583. The predicted molar refractivity (Wildman–Crippen MR) is 70.2 cm³/mol. The van der Waals surface area contributed by atoms with E-state index in [1.54, 1.807) is 12.1 Å². The molecule has 0 amide bonds. The van der Waals surface area contributed by atoms with E-state index in [2.05, 4.69) is 10.3 Å². The summed E-state index contributed by atoms with van der Waals surface area (Å²) < 4.78 is 0. The van der Waals surface area contributed by atoms with Crippen molar-refractivity contribution in [3.8, 4) is 0 Å². The Labute approximate surface area is 106 Å². The van der Waals surface area contributed by atoms with Gasteiger partial charge in [0.15, 0.2) is 0 Å². The van der Waals surface area contributed by atoms with Crippen molar-refractivity contribution in [2.45, 2.75) is 44.2 Å². The zero-order valence-corrected chi connectivity index (χ0v) is 10.5. The molecular weight excluding hydrogens is 238 g/mol. The number of hydrogen-bond acceptors (Lipinski definition) is 4. The second-order valence-corrected chi connectivity index (χ2v) is 4.95. The minimum atomic E-state index is -0.320. The molecule has 0 saturated heterocycles. The van der Waals surface area contributed by atoms with Gasteiger partial charge in [-0.1, -0.05) is 30.9 Å². The third-order valence-electron chi connectivity index (χ3n) is 3.13. The van der Waals surface area contributed by atoms with Crippen molar-refractivity contribution >= 4 is 23.1 Å². The molecule has 1 heterocycles. The van der Waals surface area contributed by atoms with Crippen molar-refractivity contribution in [3.05, 3.63) is 17.3 Å². The van der Waals surface area contributed by atoms with E-state index in [1.165, 1.54) is 6.42 Å². The molecule has 1 aromatic heterocycles. The number of pyridine rings is 1. The molecule has 17 heavy (non-hydrogen) atoms. The normalized spacial score (nSPS) is 25.3. The molecule has 2 rings (SSSR count). The van der Waals surface area contributed by atoms with Crippen LogP contribution in [0.4, 0.5) is 11.5 Å². The molecule has 1 aliphatic rings. The van der Waals surface area contributed by atoms with Gasteiger partial charge in [-0.3, -0.25) is 0 Å². The van der Waals surface area contributed by atoms with Crippen molar-refractivity contribution < 1.29 is 5.11 Å². The van der Waals surface area contributed by atoms with Gasteiger partial charge in [0.05, 0.1) is 12.1 Å². The average Bonchev–Trinajstić information content (AvgIpc) is 2.43. The van der Waals surface area contributed by atoms with E-state index in [1.807, 2.05) is 0 Å². The standard InChI is InChI=1S/C12H18ClN3O/c13-11-6-8(14)7-12(16-11)15-9-4-2-1-3-5-10(9)17/h6-7,9-10,17H,1-5H2,(H3,14,15,16). The Hall–Kier alpha value is -1.00. The highest BCUT2D eigenvalue weighted by atomic mass is 35.5. The molecule has 4 nitrogen and oxygen atoms in total. The summed E-state index contributed by atoms with van der Waals surface area (Å²) >= 11 is 5.84. The van der Waals surface area contributed by atoms with Crippen molar-refractivity contribution in [1.29, 1.82) is 0 Å². The van der Waals surface area contributed by atoms with Gasteiger partial charge in [-0.25, -0.2) is 4.98 Å². The van der Waals surface area contributed by atoms with Crippen LogP contribution in [0.1, 0.15) is 32.1 Å². The van der Waals surface area contributed by atoms with Gasteiger partial charge in [0.1, 0.15) is 11.0 Å². The Balaban J connectivity index is 2.07. The first-order valence-electron chi connectivity index (χ1n) is 6.03. The molecule has 4 N–H and O–H groups in total. The Kier molecular flexibility index (Phi) is 4.07. The maximum Gasteiger partial charge on any atom is 0.133 e. The van der Waals surface area contributed by atoms with Gasteiger partial charge in [0.25, 0.3) is 0 Å². The van der Waals surface area contributed by atoms with Crippen LogP contribution >= 0.6 is 11.6 Å². The fourth-order valence-corrected chi connectivity index (χ4v) is 2.45. The van der Waals surface area contributed by atoms with Crippen LogP contribution < -0.4 is 11.1 Å². The molecule has 5 heteroatoms. The number of nitrogens with two attached hydrogens (primary N) is 1. The number of aliphatic hydroxyl groups excluding tert-OH is 1. The molecule has 1 aromatic rings. The summed E-state index contributed by atoms with van der Waals surface area (Å²) in [5.74, 6) is 0.640. The maximum absolute atomic E-state index is 9.99. The Morgan fingerprint density at radius 2 is 2.06 bits per heavy atom. The monoisotopic (exact) mass is 255 g/mol. The second kappa shape index (κ2) is 5.56. The highest BCUT2D eigenvalue weighted by Crippen LogP contribution is 2.23. The molecular formula is C12H18ClN3O. The molecule has 1 saturated carbocycles. The van der Waals surface area contributed by atoms with Crippen molar-refractivity contribution in [1.82, 2.24) is 4.98 Å². The molecule has 1 fully saturated rings. The fourth-order valence-electron chi connectivity index (χ4n) is 2.24. The van der Waals surface area contributed by atoms with Gasteiger partial charge in [-0.15, -0.1) is 0 Å². The summed E-state index contributed by atoms with van der Waals surface area (Å²) in [6.07, 6.45) is 4.87. The summed E-state index contributed by atoms with van der Waals surface area (Å²) in [5, 5.41) is 13.6. The van der Waals surface area contributed by atoms with Crippen LogP contribution in [0.2, 0.25) is 5.15 Å². The number of anilines is 2. The lowest BCUT2D eigenvalue weighted by atomic mass is 10.1. The third kappa shape index (κ3) is 3.48. The number of aromatic nitrogens is 1. The van der Waals surface area contributed by atoms with E-state index in [9.17, 15) is 5.11 Å². The summed E-state index contributed by atoms with van der Waals surface area (Å²) in [7, 11) is 0. The SMILES string of the molecule is Nc1cc(Cl)nc(NC2CCCCCC2O)c1. The minimum Gasteiger partial charge on any atom is -0.399 e. The average molecular weight is 256 g/mol. The van der Waals surface area contributed by atoms with Gasteiger partial charge in [-0.05, 0) is 18.9 Å². The molecule has 0 aliphatic heterocycles. The molecule has 1 aliphatic carbocycles. The highest BCUT2D eigenvalue weighted by Gasteiger charge is 2.21. The number of rotatable bonds is 2. The molecule has 0 bridgehead atoms. The molecule has 2 atom stereocenters. The van der Waals surface area contributed by atoms with Crippen LogP contribution in [0.25, 0.3) is 0 Å². The van der Waals surface area contributed by atoms with E-state index in [-0.39, 0.29) is 12.1 Å². The van der Waals surface area contributed by atoms with E-state index in [4.69, 9.17) is 17.3 Å². The first-order chi connectivity index (χ1) is 8.15. The summed E-state index contributed by atoms with van der Waals surface area (Å²) in [6.45, 7) is 0. The Morgan fingerprint density at radius 1 is 1.29 bits per heavy atom. The second-order valence-electron chi connectivity index (χ2n) is 4.56. The largest absolute Gasteiger partial charge is 0.399 e. The predicted octanol–water partition coefficient (Wildman–Crippen LogP) is 2.42. The summed E-state index contributed by atoms with van der Waals surface area (Å²) in [4.78, 5) is 4.16. The first kappa shape index (κ1) is 12.5. The lowest BCUT2D eigenvalue weighted by Crippen LogP contribution is -2.32. The lowest BCUT2D eigenvalue weighted by molar-refractivity contribution is 0.144. The number of nitrogens with one attached hydrogen (secondary N) is 1. The Morgan fingerprint density at radius 3 is 2.82 bits per heavy atom. The third-order valence-corrected chi connectivity index (χ3v) is 3.32. The van der Waals surface area contributed by atoms with E-state index >= 15 is 0 Å². The van der Waals surface area contributed by atoms with E-state index in [0.717, 1.165) is 25.7 Å². The van der Waals surface area contributed by atoms with E-state index in [0.29, 0.717) is 16.7 Å². The first-order valence-corrected chi connectivity index (χ1v) is 6.40. The molecule has 2 unspecified atom stereocenters. The van der Waals surface area contributed by atoms with Gasteiger partial charge in [0, 0.05) is 11.8 Å². The summed E-state index contributed by atoms with van der Waals surface area (Å²) in [5.41, 5.74) is 6.28.